The summed E-state index contributed by atoms with van der Waals surface area (Å²) in [5, 5.41) is 36.5. The van der Waals surface area contributed by atoms with Gasteiger partial charge < -0.3 is 29.8 Å². The van der Waals surface area contributed by atoms with Crippen LogP contribution in [0.3, 0.4) is 0 Å². The number of aliphatic carboxylic acids is 2. The van der Waals surface area contributed by atoms with Crippen molar-refractivity contribution < 1.29 is 34.3 Å². The second-order valence-electron chi connectivity index (χ2n) is 12.6. The molecule has 1 saturated heterocycles. The number of nitro benzene ring substituents is 1. The highest BCUT2D eigenvalue weighted by Gasteiger charge is 2.66. The number of carbonyl (C=O) groups is 3. The molecule has 2 aromatic heterocycles. The third-order valence-corrected chi connectivity index (χ3v) is 10.2. The van der Waals surface area contributed by atoms with Gasteiger partial charge in [-0.3, -0.25) is 24.5 Å². The number of ether oxygens (including phenoxy) is 1. The van der Waals surface area contributed by atoms with Crippen LogP contribution in [0.4, 0.5) is 5.69 Å². The number of hydrogen-bond acceptors (Lipinski definition) is 9. The highest BCUT2D eigenvalue weighted by Crippen LogP contribution is 2.58. The van der Waals surface area contributed by atoms with E-state index in [1.807, 2.05) is 24.3 Å². The number of H-pyrrole nitrogens is 1. The van der Waals surface area contributed by atoms with E-state index in [-0.39, 0.29) is 37.1 Å². The average molecular weight is 673 g/mol. The summed E-state index contributed by atoms with van der Waals surface area (Å²) in [6.45, 7) is 4.68. The molecule has 49 heavy (non-hydrogen) atoms. The molecular weight excluding hydrogens is 632 g/mol. The van der Waals surface area contributed by atoms with Crippen molar-refractivity contribution in [2.24, 2.45) is 10.8 Å². The van der Waals surface area contributed by atoms with Crippen molar-refractivity contribution >= 4 is 23.6 Å². The van der Waals surface area contributed by atoms with Crippen molar-refractivity contribution in [2.75, 3.05) is 6.61 Å². The van der Waals surface area contributed by atoms with Crippen LogP contribution in [0, 0.1) is 20.9 Å². The molecule has 6 atom stereocenters. The van der Waals surface area contributed by atoms with Crippen molar-refractivity contribution in [2.45, 2.75) is 70.5 Å². The Kier molecular flexibility index (Phi) is 10.3. The predicted molar refractivity (Wildman–Crippen MR) is 177 cm³/mol. The Morgan fingerprint density at radius 3 is 2.37 bits per heavy atom. The summed E-state index contributed by atoms with van der Waals surface area (Å²) in [5.41, 5.74) is -1.67. The number of piperidine rings is 1. The highest BCUT2D eigenvalue weighted by molar-refractivity contribution is 5.84. The number of aromatic amines is 1. The summed E-state index contributed by atoms with van der Waals surface area (Å²) >= 11 is 0. The van der Waals surface area contributed by atoms with Crippen LogP contribution in [0.1, 0.15) is 74.5 Å². The van der Waals surface area contributed by atoms with E-state index in [0.717, 1.165) is 17.0 Å². The number of benzene rings is 2. The monoisotopic (exact) mass is 672 g/mol. The maximum Gasteiger partial charge on any atom is 0.312 e. The maximum atomic E-state index is 13.4. The molecular formula is C35H40N6O8. The van der Waals surface area contributed by atoms with E-state index in [2.05, 4.69) is 20.3 Å². The molecule has 1 aliphatic heterocycles. The van der Waals surface area contributed by atoms with E-state index in [0.29, 0.717) is 6.42 Å². The van der Waals surface area contributed by atoms with Crippen molar-refractivity contribution in [1.29, 1.82) is 0 Å². The van der Waals surface area contributed by atoms with Gasteiger partial charge in [-0.25, -0.2) is 9.97 Å². The largest absolute Gasteiger partial charge is 0.481 e. The fourth-order valence-electron chi connectivity index (χ4n) is 7.64. The lowest BCUT2D eigenvalue weighted by Gasteiger charge is -2.57. The molecule has 14 nitrogen and oxygen atoms in total. The number of aromatic nitrogens is 4. The minimum atomic E-state index is -1.82. The predicted octanol–water partition coefficient (Wildman–Crippen LogP) is 4.73. The number of non-ortho nitro benzene ring substituents is 1. The molecule has 14 heteroatoms. The van der Waals surface area contributed by atoms with Crippen LogP contribution in [0.5, 0.6) is 0 Å². The molecule has 0 aliphatic carbocycles. The topological polar surface area (TPSA) is 203 Å². The van der Waals surface area contributed by atoms with Gasteiger partial charge in [0.2, 0.25) is 0 Å². The molecule has 0 bridgehead atoms. The number of nitro groups is 1. The molecule has 6 unspecified atom stereocenters. The van der Waals surface area contributed by atoms with Gasteiger partial charge in [0.05, 0.1) is 41.2 Å². The Hall–Kier alpha value is -5.37. The zero-order valence-electron chi connectivity index (χ0n) is 27.5. The summed E-state index contributed by atoms with van der Waals surface area (Å²) in [6, 6.07) is 11.3. The van der Waals surface area contributed by atoms with Gasteiger partial charge in [-0.15, -0.1) is 0 Å². The number of carboxylic acid groups (broad SMARTS) is 2. The fourth-order valence-corrected chi connectivity index (χ4v) is 7.64. The lowest BCUT2D eigenvalue weighted by Crippen LogP contribution is -2.69. The standard InChI is InChI=1S/C35H40N6O8/c1-4-34(32(43)44)22(2)39-23(3)35(33(45)46,31(34)26-6-5-7-27(19-26)41(47)48)12-17-49-30(42)20-28(40-16-15-36-21-40)25-10-8-24(9-11-25)18-29-37-13-14-38-29/h5-11,13-16,19,21-23,28,31,39H,4,12,17-18,20H2,1-3H3,(H,37,38)(H,43,44)(H,45,46). The number of hydrogen-bond donors (Lipinski definition) is 4. The first-order valence-corrected chi connectivity index (χ1v) is 16.1. The normalized spacial score (nSPS) is 24.2. The molecule has 258 valence electrons. The van der Waals surface area contributed by atoms with E-state index in [9.17, 15) is 34.7 Å². The summed E-state index contributed by atoms with van der Waals surface area (Å²) in [6.07, 6.45) is 8.73. The Morgan fingerprint density at radius 1 is 1.06 bits per heavy atom. The van der Waals surface area contributed by atoms with Crippen LogP contribution in [-0.4, -0.2) is 71.3 Å². The number of rotatable bonds is 14. The van der Waals surface area contributed by atoms with Crippen LogP contribution >= 0.6 is 0 Å². The minimum absolute atomic E-state index is 0.0400. The van der Waals surface area contributed by atoms with Crippen LogP contribution in [0.15, 0.2) is 79.6 Å². The number of esters is 1. The Morgan fingerprint density at radius 2 is 1.78 bits per heavy atom. The average Bonchev–Trinajstić information content (AvgIpc) is 3.80. The number of nitrogens with zero attached hydrogens (tertiary/aromatic N) is 4. The minimum Gasteiger partial charge on any atom is -0.481 e. The Balaban J connectivity index is 1.41. The molecule has 3 heterocycles. The molecule has 1 aliphatic rings. The number of carboxylic acids is 2. The third kappa shape index (κ3) is 6.68. The Labute approximate surface area is 282 Å². The molecule has 4 N–H and O–H groups in total. The van der Waals surface area contributed by atoms with Gasteiger partial charge in [0.25, 0.3) is 5.69 Å². The van der Waals surface area contributed by atoms with E-state index >= 15 is 0 Å². The van der Waals surface area contributed by atoms with Crippen LogP contribution < -0.4 is 5.32 Å². The van der Waals surface area contributed by atoms with Crippen LogP contribution in [0.25, 0.3) is 0 Å². The van der Waals surface area contributed by atoms with Gasteiger partial charge in [-0.05, 0) is 43.4 Å². The van der Waals surface area contributed by atoms with Gasteiger partial charge in [-0.1, -0.05) is 43.3 Å². The summed E-state index contributed by atoms with van der Waals surface area (Å²) in [5.74, 6) is -3.49. The first kappa shape index (κ1) is 35.0. The second-order valence-corrected chi connectivity index (χ2v) is 12.6. The van der Waals surface area contributed by atoms with E-state index < -0.39 is 57.7 Å². The van der Waals surface area contributed by atoms with Crippen LogP contribution in [0.2, 0.25) is 0 Å². The fraction of sp³-hybridized carbons (Fsp3) is 0.400. The van der Waals surface area contributed by atoms with Gasteiger partial charge in [0.1, 0.15) is 5.82 Å². The van der Waals surface area contributed by atoms with Crippen molar-refractivity contribution in [3.05, 3.63) is 112 Å². The molecule has 0 amide bonds. The summed E-state index contributed by atoms with van der Waals surface area (Å²) < 4.78 is 7.50. The third-order valence-electron chi connectivity index (χ3n) is 10.2. The van der Waals surface area contributed by atoms with Gasteiger partial charge in [-0.2, -0.15) is 0 Å². The van der Waals surface area contributed by atoms with E-state index in [1.54, 1.807) is 56.5 Å². The van der Waals surface area contributed by atoms with Crippen LogP contribution in [-0.2, 0) is 25.5 Å². The molecule has 2 aromatic carbocycles. The van der Waals surface area contributed by atoms with Gasteiger partial charge in [0.15, 0.2) is 0 Å². The Bertz CT molecular complexity index is 1780. The maximum absolute atomic E-state index is 13.4. The van der Waals surface area contributed by atoms with Crippen molar-refractivity contribution in [3.8, 4) is 0 Å². The first-order valence-electron chi connectivity index (χ1n) is 16.1. The summed E-state index contributed by atoms with van der Waals surface area (Å²) in [7, 11) is 0. The van der Waals surface area contributed by atoms with Crippen molar-refractivity contribution in [3.63, 3.8) is 0 Å². The zero-order valence-corrected chi connectivity index (χ0v) is 27.5. The quantitative estimate of drug-likeness (QED) is 0.0819. The lowest BCUT2D eigenvalue weighted by atomic mass is 9.50. The molecule has 0 radical (unpaired) electrons. The molecule has 4 aromatic rings. The van der Waals surface area contributed by atoms with E-state index in [1.165, 1.54) is 24.3 Å². The molecule has 0 saturated carbocycles. The van der Waals surface area contributed by atoms with Gasteiger partial charge in [0, 0.05) is 61.3 Å². The SMILES string of the molecule is CCC1(C(=O)O)C(C)NC(C)C(CCOC(=O)CC(c2ccc(Cc3ncc[nH]3)cc2)n2ccnc2)(C(=O)O)C1c1cccc([N+](=O)[O-])c1. The highest BCUT2D eigenvalue weighted by atomic mass is 16.6. The second kappa shape index (κ2) is 14.4. The molecule has 0 spiro atoms. The zero-order chi connectivity index (χ0) is 35.3. The van der Waals surface area contributed by atoms with Gasteiger partial charge >= 0.3 is 17.9 Å². The first-order chi connectivity index (χ1) is 23.4. The lowest BCUT2D eigenvalue weighted by molar-refractivity contribution is -0.385. The van der Waals surface area contributed by atoms with E-state index in [4.69, 9.17) is 4.74 Å². The van der Waals surface area contributed by atoms with Crippen molar-refractivity contribution in [1.82, 2.24) is 24.8 Å². The number of nitrogens with one attached hydrogen (secondary N) is 2. The number of carbonyl (C=O) groups excluding carboxylic acids is 1. The molecule has 5 rings (SSSR count). The smallest absolute Gasteiger partial charge is 0.312 e. The summed E-state index contributed by atoms with van der Waals surface area (Å²) in [4.78, 5) is 62.6. The number of imidazole rings is 2. The molecule has 1 fully saturated rings.